The highest BCUT2D eigenvalue weighted by Gasteiger charge is 2.25. The molecule has 0 saturated carbocycles. The van der Waals surface area contributed by atoms with Gasteiger partial charge in [-0.2, -0.15) is 0 Å². The van der Waals surface area contributed by atoms with Crippen molar-refractivity contribution < 1.29 is 17.9 Å². The van der Waals surface area contributed by atoms with Crippen LogP contribution in [0.25, 0.3) is 0 Å². The van der Waals surface area contributed by atoms with Gasteiger partial charge >= 0.3 is 0 Å². The molecule has 2 aromatic carbocycles. The molecule has 1 heterocycles. The number of carbonyl (C=O) groups excluding carboxylic acids is 1. The summed E-state index contributed by atoms with van der Waals surface area (Å²) in [4.78, 5) is 14.6. The van der Waals surface area contributed by atoms with E-state index in [1.54, 1.807) is 29.2 Å². The van der Waals surface area contributed by atoms with Crippen molar-refractivity contribution in [2.45, 2.75) is 37.7 Å². The van der Waals surface area contributed by atoms with Crippen LogP contribution in [0.3, 0.4) is 0 Å². The number of ether oxygens (including phenoxy) is 1. The minimum atomic E-state index is -3.77. The van der Waals surface area contributed by atoms with Crippen molar-refractivity contribution in [3.63, 3.8) is 0 Å². The Morgan fingerprint density at radius 2 is 1.82 bits per heavy atom. The lowest BCUT2D eigenvalue weighted by molar-refractivity contribution is 0.0146. The molecule has 0 aromatic heterocycles. The quantitative estimate of drug-likeness (QED) is 0.803. The number of benzene rings is 2. The maximum atomic E-state index is 12.8. The summed E-state index contributed by atoms with van der Waals surface area (Å²) in [5, 5.41) is 0. The van der Waals surface area contributed by atoms with Gasteiger partial charge in [-0.25, -0.2) is 8.42 Å². The standard InChI is InChI=1S/C21H26N2O4S/c1-3-27-19-11-13-23(14-12-19)21(24)17-5-4-6-20(15-17)28(25,26)22-18-9-7-16(2)8-10-18/h4-10,15,19,22H,3,11-14H2,1-2H3. The van der Waals surface area contributed by atoms with Gasteiger partial charge in [0.15, 0.2) is 0 Å². The minimum absolute atomic E-state index is 0.0723. The van der Waals surface area contributed by atoms with E-state index < -0.39 is 10.0 Å². The molecule has 28 heavy (non-hydrogen) atoms. The number of aryl methyl sites for hydroxylation is 1. The molecule has 7 heteroatoms. The van der Waals surface area contributed by atoms with Gasteiger partial charge in [-0.1, -0.05) is 23.8 Å². The van der Waals surface area contributed by atoms with Crippen LogP contribution >= 0.6 is 0 Å². The Morgan fingerprint density at radius 1 is 1.14 bits per heavy atom. The third-order valence-corrected chi connectivity index (χ3v) is 6.21. The second kappa shape index (κ2) is 8.75. The van der Waals surface area contributed by atoms with E-state index in [1.165, 1.54) is 12.1 Å². The molecule has 0 atom stereocenters. The van der Waals surface area contributed by atoms with Crippen molar-refractivity contribution in [2.75, 3.05) is 24.4 Å². The lowest BCUT2D eigenvalue weighted by atomic mass is 10.1. The minimum Gasteiger partial charge on any atom is -0.378 e. The van der Waals surface area contributed by atoms with Gasteiger partial charge in [-0.15, -0.1) is 0 Å². The average Bonchev–Trinajstić information content (AvgIpc) is 2.70. The summed E-state index contributed by atoms with van der Waals surface area (Å²) >= 11 is 0. The lowest BCUT2D eigenvalue weighted by Gasteiger charge is -2.31. The zero-order chi connectivity index (χ0) is 20.1. The molecule has 0 aliphatic carbocycles. The molecule has 1 N–H and O–H groups in total. The fourth-order valence-electron chi connectivity index (χ4n) is 3.28. The van der Waals surface area contributed by atoms with Crippen molar-refractivity contribution in [3.05, 3.63) is 59.7 Å². The average molecular weight is 403 g/mol. The number of likely N-dealkylation sites (tertiary alicyclic amines) is 1. The number of piperidine rings is 1. The van der Waals surface area contributed by atoms with Crippen molar-refractivity contribution in [3.8, 4) is 0 Å². The first-order valence-electron chi connectivity index (χ1n) is 9.49. The molecule has 3 rings (SSSR count). The molecule has 0 unspecified atom stereocenters. The van der Waals surface area contributed by atoms with Crippen LogP contribution in [0.4, 0.5) is 5.69 Å². The summed E-state index contributed by atoms with van der Waals surface area (Å²) in [6.07, 6.45) is 1.79. The third kappa shape index (κ3) is 4.91. The highest BCUT2D eigenvalue weighted by molar-refractivity contribution is 7.92. The molecule has 1 aliphatic heterocycles. The van der Waals surface area contributed by atoms with E-state index in [1.807, 2.05) is 26.0 Å². The second-order valence-corrected chi connectivity index (χ2v) is 8.63. The zero-order valence-corrected chi connectivity index (χ0v) is 17.0. The fourth-order valence-corrected chi connectivity index (χ4v) is 4.38. The molecule has 1 amide bonds. The van der Waals surface area contributed by atoms with Gasteiger partial charge in [0.25, 0.3) is 15.9 Å². The van der Waals surface area contributed by atoms with Crippen molar-refractivity contribution in [2.24, 2.45) is 0 Å². The summed E-state index contributed by atoms with van der Waals surface area (Å²) in [6.45, 7) is 5.80. The van der Waals surface area contributed by atoms with Crippen molar-refractivity contribution in [1.82, 2.24) is 4.90 Å². The van der Waals surface area contributed by atoms with E-state index in [4.69, 9.17) is 4.74 Å². The molecular weight excluding hydrogens is 376 g/mol. The molecule has 6 nitrogen and oxygen atoms in total. The molecular formula is C21H26N2O4S. The van der Waals surface area contributed by atoms with Crippen molar-refractivity contribution in [1.29, 1.82) is 0 Å². The maximum absolute atomic E-state index is 12.8. The SMILES string of the molecule is CCOC1CCN(C(=O)c2cccc(S(=O)(=O)Nc3ccc(C)cc3)c2)CC1. The fraction of sp³-hybridized carbons (Fsp3) is 0.381. The molecule has 2 aromatic rings. The van der Waals surface area contributed by atoms with Gasteiger partial charge in [0, 0.05) is 30.9 Å². The Labute approximate surface area is 166 Å². The number of anilines is 1. The van der Waals surface area contributed by atoms with Gasteiger partial charge in [0.1, 0.15) is 0 Å². The summed E-state index contributed by atoms with van der Waals surface area (Å²) in [5.74, 6) is -0.151. The Hall–Kier alpha value is -2.38. The molecule has 1 fully saturated rings. The smallest absolute Gasteiger partial charge is 0.261 e. The van der Waals surface area contributed by atoms with Gasteiger partial charge in [0.05, 0.1) is 11.0 Å². The van der Waals surface area contributed by atoms with E-state index in [-0.39, 0.29) is 16.9 Å². The van der Waals surface area contributed by atoms with Crippen LogP contribution in [-0.4, -0.2) is 45.0 Å². The predicted molar refractivity (Wildman–Crippen MR) is 109 cm³/mol. The Bertz CT molecular complexity index is 918. The largest absolute Gasteiger partial charge is 0.378 e. The molecule has 1 saturated heterocycles. The van der Waals surface area contributed by atoms with E-state index in [9.17, 15) is 13.2 Å². The summed E-state index contributed by atoms with van der Waals surface area (Å²) < 4.78 is 33.6. The number of amides is 1. The number of nitrogens with zero attached hydrogens (tertiary/aromatic N) is 1. The number of nitrogens with one attached hydrogen (secondary N) is 1. The molecule has 0 bridgehead atoms. The van der Waals surface area contributed by atoms with Gasteiger partial charge in [-0.3, -0.25) is 9.52 Å². The summed E-state index contributed by atoms with van der Waals surface area (Å²) in [7, 11) is -3.77. The van der Waals surface area contributed by atoms with Crippen molar-refractivity contribution >= 4 is 21.6 Å². The van der Waals surface area contributed by atoms with Crippen LogP contribution in [0.1, 0.15) is 35.7 Å². The molecule has 0 spiro atoms. The van der Waals surface area contributed by atoms with E-state index in [0.29, 0.717) is 30.9 Å². The summed E-state index contributed by atoms with van der Waals surface area (Å²) in [5.41, 5.74) is 1.91. The Kier molecular flexibility index (Phi) is 6.36. The maximum Gasteiger partial charge on any atom is 0.261 e. The van der Waals surface area contributed by atoms with Crippen LogP contribution in [0.5, 0.6) is 0 Å². The number of carbonyl (C=O) groups is 1. The topological polar surface area (TPSA) is 75.7 Å². The number of hydrogen-bond acceptors (Lipinski definition) is 4. The number of rotatable bonds is 6. The van der Waals surface area contributed by atoms with E-state index in [0.717, 1.165) is 18.4 Å². The highest BCUT2D eigenvalue weighted by atomic mass is 32.2. The molecule has 150 valence electrons. The van der Waals surface area contributed by atoms with Gasteiger partial charge < -0.3 is 9.64 Å². The Balaban J connectivity index is 1.72. The van der Waals surface area contributed by atoms with E-state index >= 15 is 0 Å². The van der Waals surface area contributed by atoms with E-state index in [2.05, 4.69) is 4.72 Å². The highest BCUT2D eigenvalue weighted by Crippen LogP contribution is 2.20. The predicted octanol–water partition coefficient (Wildman–Crippen LogP) is 3.44. The van der Waals surface area contributed by atoms with Gasteiger partial charge in [-0.05, 0) is 57.0 Å². The molecule has 0 radical (unpaired) electrons. The number of hydrogen-bond donors (Lipinski definition) is 1. The van der Waals surface area contributed by atoms with Crippen LogP contribution in [0.15, 0.2) is 53.4 Å². The first kappa shape index (κ1) is 20.4. The monoisotopic (exact) mass is 402 g/mol. The lowest BCUT2D eigenvalue weighted by Crippen LogP contribution is -2.40. The second-order valence-electron chi connectivity index (χ2n) is 6.95. The van der Waals surface area contributed by atoms with Crippen LogP contribution < -0.4 is 4.72 Å². The summed E-state index contributed by atoms with van der Waals surface area (Å²) in [6, 6.07) is 13.3. The first-order valence-corrected chi connectivity index (χ1v) is 11.0. The van der Waals surface area contributed by atoms with Gasteiger partial charge in [0.2, 0.25) is 0 Å². The first-order chi connectivity index (χ1) is 13.4. The zero-order valence-electron chi connectivity index (χ0n) is 16.2. The van der Waals surface area contributed by atoms with Crippen LogP contribution in [0.2, 0.25) is 0 Å². The number of sulfonamides is 1. The van der Waals surface area contributed by atoms with Crippen LogP contribution in [-0.2, 0) is 14.8 Å². The van der Waals surface area contributed by atoms with Crippen LogP contribution in [0, 0.1) is 6.92 Å². The Morgan fingerprint density at radius 3 is 2.46 bits per heavy atom. The molecule has 1 aliphatic rings. The third-order valence-electron chi connectivity index (χ3n) is 4.83. The normalized spacial score (nSPS) is 15.4.